The molecule has 0 heterocycles. The fourth-order valence-corrected chi connectivity index (χ4v) is 2.81. The molecular weight excluding hydrogens is 302 g/mol. The first-order valence-electron chi connectivity index (χ1n) is 7.46. The van der Waals surface area contributed by atoms with E-state index in [2.05, 4.69) is 5.32 Å². The number of nitro benzene ring substituents is 1. The summed E-state index contributed by atoms with van der Waals surface area (Å²) in [5.74, 6) is 0.160. The third-order valence-corrected chi connectivity index (χ3v) is 4.07. The number of ether oxygens (including phenoxy) is 2. The number of rotatable bonds is 7. The lowest BCUT2D eigenvalue weighted by atomic mass is 9.98. The van der Waals surface area contributed by atoms with Crippen molar-refractivity contribution in [3.8, 4) is 11.5 Å². The fraction of sp³-hybridized carbons (Fsp3) is 0.533. The van der Waals surface area contributed by atoms with Gasteiger partial charge in [0.1, 0.15) is 5.75 Å². The minimum absolute atomic E-state index is 0.0853. The van der Waals surface area contributed by atoms with Crippen molar-refractivity contribution in [2.24, 2.45) is 5.73 Å². The summed E-state index contributed by atoms with van der Waals surface area (Å²) >= 11 is 0. The van der Waals surface area contributed by atoms with Gasteiger partial charge in [-0.3, -0.25) is 14.9 Å². The standard InChI is InChI=1S/C15H21N3O5/c1-22-13-8-11(4-5-12(13)18(20)21)23-9-14(19)17-15(10-16)6-2-3-7-15/h4-5,8H,2-3,6-7,9-10,16H2,1H3,(H,17,19). The topological polar surface area (TPSA) is 117 Å². The van der Waals surface area contributed by atoms with Crippen LogP contribution in [0.25, 0.3) is 0 Å². The second-order valence-corrected chi connectivity index (χ2v) is 5.62. The van der Waals surface area contributed by atoms with E-state index in [4.69, 9.17) is 15.2 Å². The largest absolute Gasteiger partial charge is 0.490 e. The van der Waals surface area contributed by atoms with Crippen LogP contribution >= 0.6 is 0 Å². The second kappa shape index (κ2) is 7.28. The number of hydrogen-bond donors (Lipinski definition) is 2. The van der Waals surface area contributed by atoms with Crippen LogP contribution in [-0.4, -0.2) is 36.6 Å². The first-order chi connectivity index (χ1) is 11.0. The van der Waals surface area contributed by atoms with E-state index in [1.807, 2.05) is 0 Å². The third kappa shape index (κ3) is 4.10. The van der Waals surface area contributed by atoms with Crippen LogP contribution in [0.1, 0.15) is 25.7 Å². The Kier molecular flexibility index (Phi) is 5.38. The molecule has 0 unspecified atom stereocenters. The summed E-state index contributed by atoms with van der Waals surface area (Å²) in [5.41, 5.74) is 5.29. The van der Waals surface area contributed by atoms with Crippen LogP contribution in [0.3, 0.4) is 0 Å². The van der Waals surface area contributed by atoms with Gasteiger partial charge in [0.2, 0.25) is 5.75 Å². The SMILES string of the molecule is COc1cc(OCC(=O)NC2(CN)CCCC2)ccc1[N+](=O)[O-]. The van der Waals surface area contributed by atoms with E-state index in [9.17, 15) is 14.9 Å². The molecule has 0 spiro atoms. The predicted molar refractivity (Wildman–Crippen MR) is 83.5 cm³/mol. The highest BCUT2D eigenvalue weighted by Gasteiger charge is 2.33. The molecule has 1 aromatic rings. The van der Waals surface area contributed by atoms with Gasteiger partial charge in [0.25, 0.3) is 5.91 Å². The number of amides is 1. The van der Waals surface area contributed by atoms with Gasteiger partial charge in [-0.1, -0.05) is 12.8 Å². The molecule has 3 N–H and O–H groups in total. The Morgan fingerprint density at radius 3 is 2.70 bits per heavy atom. The molecule has 23 heavy (non-hydrogen) atoms. The first kappa shape index (κ1) is 17.0. The average Bonchev–Trinajstić information content (AvgIpc) is 3.01. The summed E-state index contributed by atoms with van der Waals surface area (Å²) in [6.45, 7) is 0.229. The number of benzene rings is 1. The van der Waals surface area contributed by atoms with Crippen LogP contribution in [-0.2, 0) is 4.79 Å². The van der Waals surface area contributed by atoms with Crippen LogP contribution in [0, 0.1) is 10.1 Å². The summed E-state index contributed by atoms with van der Waals surface area (Å²) in [5, 5.41) is 13.8. The van der Waals surface area contributed by atoms with Crippen LogP contribution in [0.2, 0.25) is 0 Å². The average molecular weight is 323 g/mol. The molecule has 0 aromatic heterocycles. The Hall–Kier alpha value is -2.35. The van der Waals surface area contributed by atoms with Gasteiger partial charge in [0.05, 0.1) is 17.6 Å². The molecule has 1 aliphatic rings. The Morgan fingerprint density at radius 1 is 1.43 bits per heavy atom. The number of nitrogens with two attached hydrogens (primary N) is 1. The van der Waals surface area contributed by atoms with Gasteiger partial charge in [0, 0.05) is 18.7 Å². The maximum atomic E-state index is 12.0. The lowest BCUT2D eigenvalue weighted by Gasteiger charge is -2.28. The Balaban J connectivity index is 1.95. The van der Waals surface area contributed by atoms with Gasteiger partial charge in [-0.15, -0.1) is 0 Å². The monoisotopic (exact) mass is 323 g/mol. The molecule has 0 atom stereocenters. The molecule has 8 heteroatoms. The molecule has 1 aliphatic carbocycles. The first-order valence-corrected chi connectivity index (χ1v) is 7.46. The summed E-state index contributed by atoms with van der Waals surface area (Å²) in [4.78, 5) is 22.3. The van der Waals surface area contributed by atoms with E-state index in [0.29, 0.717) is 12.3 Å². The zero-order valence-corrected chi connectivity index (χ0v) is 13.0. The minimum Gasteiger partial charge on any atom is -0.490 e. The maximum Gasteiger partial charge on any atom is 0.311 e. The molecule has 0 radical (unpaired) electrons. The quantitative estimate of drug-likeness (QED) is 0.578. The van der Waals surface area contributed by atoms with E-state index in [1.54, 1.807) is 0 Å². The number of methoxy groups -OCH3 is 1. The Labute approximate surface area is 134 Å². The summed E-state index contributed by atoms with van der Waals surface area (Å²) in [6, 6.07) is 4.10. The van der Waals surface area contributed by atoms with Gasteiger partial charge in [-0.05, 0) is 18.9 Å². The van der Waals surface area contributed by atoms with Crippen LogP contribution in [0.4, 0.5) is 5.69 Å². The molecule has 1 amide bonds. The van der Waals surface area contributed by atoms with Crippen molar-refractivity contribution in [3.05, 3.63) is 28.3 Å². The molecule has 2 rings (SSSR count). The van der Waals surface area contributed by atoms with E-state index in [-0.39, 0.29) is 29.5 Å². The lowest BCUT2D eigenvalue weighted by molar-refractivity contribution is -0.385. The number of carbonyl (C=O) groups excluding carboxylic acids is 1. The molecule has 0 aliphatic heterocycles. The van der Waals surface area contributed by atoms with Gasteiger partial charge >= 0.3 is 5.69 Å². The smallest absolute Gasteiger partial charge is 0.311 e. The number of nitrogens with one attached hydrogen (secondary N) is 1. The van der Waals surface area contributed by atoms with Crippen molar-refractivity contribution >= 4 is 11.6 Å². The molecule has 1 fully saturated rings. The van der Waals surface area contributed by atoms with Crippen molar-refractivity contribution in [3.63, 3.8) is 0 Å². The second-order valence-electron chi connectivity index (χ2n) is 5.62. The molecule has 1 saturated carbocycles. The number of nitrogens with zero attached hydrogens (tertiary/aromatic N) is 1. The Bertz CT molecular complexity index is 584. The molecular formula is C15H21N3O5. The highest BCUT2D eigenvalue weighted by atomic mass is 16.6. The highest BCUT2D eigenvalue weighted by molar-refractivity contribution is 5.78. The molecule has 126 valence electrons. The van der Waals surface area contributed by atoms with Crippen molar-refractivity contribution in [1.29, 1.82) is 0 Å². The zero-order valence-electron chi connectivity index (χ0n) is 13.0. The summed E-state index contributed by atoms with van der Waals surface area (Å²) in [7, 11) is 1.34. The molecule has 1 aromatic carbocycles. The molecule has 0 bridgehead atoms. The summed E-state index contributed by atoms with van der Waals surface area (Å²) in [6.07, 6.45) is 3.86. The number of hydrogen-bond acceptors (Lipinski definition) is 6. The maximum absolute atomic E-state index is 12.0. The van der Waals surface area contributed by atoms with E-state index in [1.165, 1.54) is 25.3 Å². The van der Waals surface area contributed by atoms with Crippen molar-refractivity contribution in [2.45, 2.75) is 31.2 Å². The molecule has 0 saturated heterocycles. The Morgan fingerprint density at radius 2 is 2.13 bits per heavy atom. The van der Waals surface area contributed by atoms with Crippen molar-refractivity contribution in [2.75, 3.05) is 20.3 Å². The van der Waals surface area contributed by atoms with Crippen LogP contribution in [0.5, 0.6) is 11.5 Å². The van der Waals surface area contributed by atoms with Crippen molar-refractivity contribution < 1.29 is 19.2 Å². The predicted octanol–water partition coefficient (Wildman–Crippen LogP) is 1.37. The van der Waals surface area contributed by atoms with Gasteiger partial charge in [0.15, 0.2) is 6.61 Å². The summed E-state index contributed by atoms with van der Waals surface area (Å²) < 4.78 is 10.3. The van der Waals surface area contributed by atoms with Crippen molar-refractivity contribution in [1.82, 2.24) is 5.32 Å². The van der Waals surface area contributed by atoms with Gasteiger partial charge in [-0.2, -0.15) is 0 Å². The lowest BCUT2D eigenvalue weighted by Crippen LogP contribution is -2.52. The number of carbonyl (C=O) groups is 1. The van der Waals surface area contributed by atoms with Crippen LogP contribution in [0.15, 0.2) is 18.2 Å². The van der Waals surface area contributed by atoms with Gasteiger partial charge in [-0.25, -0.2) is 0 Å². The van der Waals surface area contributed by atoms with Crippen LogP contribution < -0.4 is 20.5 Å². The highest BCUT2D eigenvalue weighted by Crippen LogP contribution is 2.31. The zero-order chi connectivity index (χ0) is 16.9. The van der Waals surface area contributed by atoms with E-state index < -0.39 is 4.92 Å². The van der Waals surface area contributed by atoms with E-state index in [0.717, 1.165) is 25.7 Å². The normalized spacial score (nSPS) is 15.9. The molecule has 8 nitrogen and oxygen atoms in total. The third-order valence-electron chi connectivity index (χ3n) is 4.07. The minimum atomic E-state index is -0.541. The van der Waals surface area contributed by atoms with E-state index >= 15 is 0 Å². The fourth-order valence-electron chi connectivity index (χ4n) is 2.81. The van der Waals surface area contributed by atoms with Gasteiger partial charge < -0.3 is 20.5 Å². The number of nitro groups is 1.